The molecule has 18 heavy (non-hydrogen) atoms. The largest absolute Gasteiger partial charge is 0.388 e. The molecule has 0 aromatic rings. The first kappa shape index (κ1) is 13.8. The van der Waals surface area contributed by atoms with Gasteiger partial charge in [-0.25, -0.2) is 0 Å². The van der Waals surface area contributed by atoms with Crippen LogP contribution >= 0.6 is 0 Å². The van der Waals surface area contributed by atoms with Gasteiger partial charge in [-0.1, -0.05) is 0 Å². The van der Waals surface area contributed by atoms with Crippen molar-refractivity contribution in [3.8, 4) is 0 Å². The van der Waals surface area contributed by atoms with Crippen molar-refractivity contribution in [2.75, 3.05) is 19.7 Å². The summed E-state index contributed by atoms with van der Waals surface area (Å²) in [6.07, 6.45) is 4.54. The van der Waals surface area contributed by atoms with Crippen LogP contribution in [0.25, 0.3) is 0 Å². The van der Waals surface area contributed by atoms with Gasteiger partial charge in [-0.15, -0.1) is 0 Å². The second-order valence-electron chi connectivity index (χ2n) is 5.97. The molecule has 1 atom stereocenters. The molecule has 2 aliphatic rings. The van der Waals surface area contributed by atoms with Crippen molar-refractivity contribution in [1.82, 2.24) is 4.90 Å². The molecule has 104 valence electrons. The maximum Gasteiger partial charge on any atom is 0.222 e. The molecule has 1 amide bonds. The van der Waals surface area contributed by atoms with Crippen molar-refractivity contribution in [1.29, 1.82) is 0 Å². The van der Waals surface area contributed by atoms with E-state index in [1.807, 2.05) is 18.7 Å². The number of hydrogen-bond acceptors (Lipinski definition) is 3. The van der Waals surface area contributed by atoms with Crippen LogP contribution in [0.3, 0.4) is 0 Å². The number of ether oxygens (including phenoxy) is 1. The number of aliphatic hydroxyl groups is 1. The number of hydrogen-bond donors (Lipinski definition) is 1. The lowest BCUT2D eigenvalue weighted by atomic mass is 9.97. The maximum absolute atomic E-state index is 12.0. The van der Waals surface area contributed by atoms with Crippen LogP contribution in [0.5, 0.6) is 0 Å². The van der Waals surface area contributed by atoms with Gasteiger partial charge in [0.25, 0.3) is 0 Å². The summed E-state index contributed by atoms with van der Waals surface area (Å²) in [7, 11) is 0. The van der Waals surface area contributed by atoms with Gasteiger partial charge in [0, 0.05) is 26.1 Å². The molecule has 0 aromatic carbocycles. The van der Waals surface area contributed by atoms with Gasteiger partial charge >= 0.3 is 0 Å². The number of carbonyl (C=O) groups excluding carboxylic acids is 1. The molecule has 1 saturated carbocycles. The SMILES string of the molecule is CC(C)OCCCC(=O)N1CCC(O)(C2CC2)C1. The Bertz CT molecular complexity index is 301. The minimum absolute atomic E-state index is 0.166. The van der Waals surface area contributed by atoms with E-state index in [1.165, 1.54) is 0 Å². The molecule has 1 aliphatic carbocycles. The van der Waals surface area contributed by atoms with Gasteiger partial charge in [-0.2, -0.15) is 0 Å². The Morgan fingerprint density at radius 3 is 2.83 bits per heavy atom. The number of carbonyl (C=O) groups is 1. The zero-order chi connectivity index (χ0) is 13.2. The molecule has 0 bridgehead atoms. The molecule has 1 unspecified atom stereocenters. The Hall–Kier alpha value is -0.610. The van der Waals surface area contributed by atoms with Gasteiger partial charge in [0.2, 0.25) is 5.91 Å². The average Bonchev–Trinajstić information content (AvgIpc) is 3.09. The van der Waals surface area contributed by atoms with Gasteiger partial charge in [-0.3, -0.25) is 4.79 Å². The summed E-state index contributed by atoms with van der Waals surface area (Å²) in [6, 6.07) is 0. The highest BCUT2D eigenvalue weighted by atomic mass is 16.5. The predicted molar refractivity (Wildman–Crippen MR) is 69.2 cm³/mol. The standard InChI is InChI=1S/C14H25NO3/c1-11(2)18-9-3-4-13(16)15-8-7-14(17,10-15)12-5-6-12/h11-12,17H,3-10H2,1-2H3. The summed E-state index contributed by atoms with van der Waals surface area (Å²) in [5.41, 5.74) is -0.579. The molecule has 0 radical (unpaired) electrons. The second-order valence-corrected chi connectivity index (χ2v) is 5.97. The summed E-state index contributed by atoms with van der Waals surface area (Å²) >= 11 is 0. The highest BCUT2D eigenvalue weighted by Gasteiger charge is 2.48. The number of likely N-dealkylation sites (tertiary alicyclic amines) is 1. The van der Waals surface area contributed by atoms with E-state index in [2.05, 4.69) is 0 Å². The lowest BCUT2D eigenvalue weighted by Crippen LogP contribution is -2.37. The van der Waals surface area contributed by atoms with Crippen LogP contribution in [0.15, 0.2) is 0 Å². The molecular formula is C14H25NO3. The third-order valence-corrected chi connectivity index (χ3v) is 3.96. The lowest BCUT2D eigenvalue weighted by Gasteiger charge is -2.23. The number of amides is 1. The van der Waals surface area contributed by atoms with Crippen LogP contribution in [-0.2, 0) is 9.53 Å². The number of nitrogens with zero attached hydrogens (tertiary/aromatic N) is 1. The normalized spacial score (nSPS) is 28.1. The Morgan fingerprint density at radius 1 is 1.50 bits per heavy atom. The van der Waals surface area contributed by atoms with Gasteiger partial charge in [0.05, 0.1) is 11.7 Å². The quantitative estimate of drug-likeness (QED) is 0.733. The fourth-order valence-electron chi connectivity index (χ4n) is 2.68. The Kier molecular flexibility index (Phi) is 4.28. The van der Waals surface area contributed by atoms with Crippen LogP contribution in [0.4, 0.5) is 0 Å². The van der Waals surface area contributed by atoms with Gasteiger partial charge in [-0.05, 0) is 45.4 Å². The number of β-amino-alcohol motifs (C(OH)–C–C–N with tert-alkyl or cyclic N) is 1. The molecule has 2 rings (SSSR count). The van der Waals surface area contributed by atoms with E-state index < -0.39 is 5.60 Å². The van der Waals surface area contributed by atoms with Crippen molar-refractivity contribution < 1.29 is 14.6 Å². The van der Waals surface area contributed by atoms with Crippen molar-refractivity contribution in [2.24, 2.45) is 5.92 Å². The van der Waals surface area contributed by atoms with Crippen molar-refractivity contribution >= 4 is 5.91 Å². The smallest absolute Gasteiger partial charge is 0.222 e. The van der Waals surface area contributed by atoms with Gasteiger partial charge in [0.15, 0.2) is 0 Å². The van der Waals surface area contributed by atoms with E-state index in [1.54, 1.807) is 0 Å². The minimum Gasteiger partial charge on any atom is -0.388 e. The second kappa shape index (κ2) is 5.57. The minimum atomic E-state index is -0.579. The first-order valence-corrected chi connectivity index (χ1v) is 7.13. The molecule has 1 heterocycles. The zero-order valence-corrected chi connectivity index (χ0v) is 11.5. The van der Waals surface area contributed by atoms with Crippen molar-refractivity contribution in [3.63, 3.8) is 0 Å². The summed E-state index contributed by atoms with van der Waals surface area (Å²) in [6.45, 7) is 5.90. The monoisotopic (exact) mass is 255 g/mol. The third-order valence-electron chi connectivity index (χ3n) is 3.96. The van der Waals surface area contributed by atoms with Crippen molar-refractivity contribution in [3.05, 3.63) is 0 Å². The predicted octanol–water partition coefficient (Wildman–Crippen LogP) is 1.57. The Labute approximate surface area is 109 Å². The lowest BCUT2D eigenvalue weighted by molar-refractivity contribution is -0.131. The van der Waals surface area contributed by atoms with Crippen LogP contribution in [0.1, 0.15) is 46.0 Å². The average molecular weight is 255 g/mol. The van der Waals surface area contributed by atoms with Crippen LogP contribution in [0, 0.1) is 5.92 Å². The summed E-state index contributed by atoms with van der Waals surface area (Å²) in [4.78, 5) is 13.8. The molecule has 2 fully saturated rings. The highest BCUT2D eigenvalue weighted by Crippen LogP contribution is 2.44. The fraction of sp³-hybridized carbons (Fsp3) is 0.929. The van der Waals surface area contributed by atoms with Crippen LogP contribution in [-0.4, -0.2) is 47.3 Å². The van der Waals surface area contributed by atoms with E-state index >= 15 is 0 Å². The van der Waals surface area contributed by atoms with E-state index in [4.69, 9.17) is 4.74 Å². The van der Waals surface area contributed by atoms with Gasteiger partial charge in [0.1, 0.15) is 0 Å². The van der Waals surface area contributed by atoms with Crippen molar-refractivity contribution in [2.45, 2.75) is 57.7 Å². The molecule has 1 aliphatic heterocycles. The first-order chi connectivity index (χ1) is 8.51. The molecule has 0 spiro atoms. The van der Waals surface area contributed by atoms with E-state index in [0.29, 0.717) is 25.5 Å². The van der Waals surface area contributed by atoms with E-state index in [0.717, 1.165) is 32.2 Å². The summed E-state index contributed by atoms with van der Waals surface area (Å²) in [5, 5.41) is 10.4. The van der Waals surface area contributed by atoms with E-state index in [9.17, 15) is 9.90 Å². The maximum atomic E-state index is 12.0. The molecule has 0 aromatic heterocycles. The fourth-order valence-corrected chi connectivity index (χ4v) is 2.68. The number of rotatable bonds is 6. The summed E-state index contributed by atoms with van der Waals surface area (Å²) < 4.78 is 5.42. The molecule has 4 nitrogen and oxygen atoms in total. The molecule has 4 heteroatoms. The summed E-state index contributed by atoms with van der Waals surface area (Å²) in [5.74, 6) is 0.610. The van der Waals surface area contributed by atoms with Crippen LogP contribution in [0.2, 0.25) is 0 Å². The topological polar surface area (TPSA) is 49.8 Å². The zero-order valence-electron chi connectivity index (χ0n) is 11.5. The molecular weight excluding hydrogens is 230 g/mol. The Balaban J connectivity index is 1.67. The van der Waals surface area contributed by atoms with Gasteiger partial charge < -0.3 is 14.7 Å². The molecule has 1 N–H and O–H groups in total. The Morgan fingerprint density at radius 2 is 2.22 bits per heavy atom. The highest BCUT2D eigenvalue weighted by molar-refractivity contribution is 5.76. The third kappa shape index (κ3) is 3.45. The first-order valence-electron chi connectivity index (χ1n) is 7.13. The van der Waals surface area contributed by atoms with Crippen LogP contribution < -0.4 is 0 Å². The molecule has 1 saturated heterocycles. The van der Waals surface area contributed by atoms with E-state index in [-0.39, 0.29) is 12.0 Å².